The molecule has 108 valence electrons. The minimum atomic E-state index is -0.0455. The van der Waals surface area contributed by atoms with Crippen LogP contribution < -0.4 is 10.6 Å². The zero-order chi connectivity index (χ0) is 13.8. The molecule has 4 nitrogen and oxygen atoms in total. The Balaban J connectivity index is 1.36. The monoisotopic (exact) mass is 274 g/mol. The van der Waals surface area contributed by atoms with Crippen LogP contribution in [0.1, 0.15) is 30.7 Å². The Kier molecular flexibility index (Phi) is 4.33. The van der Waals surface area contributed by atoms with Gasteiger partial charge in [-0.3, -0.25) is 10.1 Å². The Hall–Kier alpha value is -1.39. The predicted octanol–water partition coefficient (Wildman–Crippen LogP) is 1.63. The standard InChI is InChI=1S/C16H22N2O2/c19-16(13-6-8-17-9-7-13)20-11-18-15-10-14(15)12-4-2-1-3-5-12/h1-5,13-15,17-18H,6-11H2/t14-,15+/m0/s1. The third kappa shape index (κ3) is 3.38. The fourth-order valence-electron chi connectivity index (χ4n) is 2.88. The van der Waals surface area contributed by atoms with Gasteiger partial charge in [0.1, 0.15) is 6.73 Å². The Labute approximate surface area is 119 Å². The minimum absolute atomic E-state index is 0.0455. The summed E-state index contributed by atoms with van der Waals surface area (Å²) in [7, 11) is 0. The highest BCUT2D eigenvalue weighted by Crippen LogP contribution is 2.40. The molecule has 20 heavy (non-hydrogen) atoms. The van der Waals surface area contributed by atoms with Gasteiger partial charge in [-0.05, 0) is 37.9 Å². The highest BCUT2D eigenvalue weighted by Gasteiger charge is 2.38. The molecular formula is C16H22N2O2. The van der Waals surface area contributed by atoms with Crippen LogP contribution >= 0.6 is 0 Å². The van der Waals surface area contributed by atoms with E-state index in [1.807, 2.05) is 6.07 Å². The van der Waals surface area contributed by atoms with Gasteiger partial charge >= 0.3 is 5.97 Å². The van der Waals surface area contributed by atoms with Crippen LogP contribution in [0.3, 0.4) is 0 Å². The number of hydrogen-bond donors (Lipinski definition) is 2. The fraction of sp³-hybridized carbons (Fsp3) is 0.562. The van der Waals surface area contributed by atoms with Crippen molar-refractivity contribution < 1.29 is 9.53 Å². The third-order valence-electron chi connectivity index (χ3n) is 4.25. The molecule has 4 heteroatoms. The van der Waals surface area contributed by atoms with E-state index in [1.54, 1.807) is 0 Å². The number of carbonyl (C=O) groups is 1. The van der Waals surface area contributed by atoms with Crippen molar-refractivity contribution >= 4 is 5.97 Å². The number of nitrogens with one attached hydrogen (secondary N) is 2. The third-order valence-corrected chi connectivity index (χ3v) is 4.25. The smallest absolute Gasteiger partial charge is 0.310 e. The average Bonchev–Trinajstić information content (AvgIpc) is 3.28. The van der Waals surface area contributed by atoms with Gasteiger partial charge in [0.05, 0.1) is 5.92 Å². The molecule has 0 amide bonds. The summed E-state index contributed by atoms with van der Waals surface area (Å²) in [5.74, 6) is 0.617. The molecule has 2 N–H and O–H groups in total. The normalized spacial score (nSPS) is 26.2. The molecular weight excluding hydrogens is 252 g/mol. The topological polar surface area (TPSA) is 50.4 Å². The van der Waals surface area contributed by atoms with Crippen LogP contribution in [0.15, 0.2) is 30.3 Å². The van der Waals surface area contributed by atoms with Crippen LogP contribution in [0.2, 0.25) is 0 Å². The summed E-state index contributed by atoms with van der Waals surface area (Å²) in [5.41, 5.74) is 1.37. The van der Waals surface area contributed by atoms with Crippen molar-refractivity contribution in [3.8, 4) is 0 Å². The van der Waals surface area contributed by atoms with Crippen molar-refractivity contribution in [1.29, 1.82) is 0 Å². The maximum absolute atomic E-state index is 11.9. The van der Waals surface area contributed by atoms with Gasteiger partial charge in [0.2, 0.25) is 0 Å². The molecule has 1 saturated carbocycles. The molecule has 0 unspecified atom stereocenters. The number of esters is 1. The molecule has 2 fully saturated rings. The number of hydrogen-bond acceptors (Lipinski definition) is 4. The number of carbonyl (C=O) groups excluding carboxylic acids is 1. The molecule has 3 rings (SSSR count). The Morgan fingerprint density at radius 2 is 2.00 bits per heavy atom. The molecule has 1 aliphatic carbocycles. The summed E-state index contributed by atoms with van der Waals surface area (Å²) in [5, 5.41) is 6.57. The van der Waals surface area contributed by atoms with Gasteiger partial charge in [0.25, 0.3) is 0 Å². The predicted molar refractivity (Wildman–Crippen MR) is 77.3 cm³/mol. The van der Waals surface area contributed by atoms with E-state index in [-0.39, 0.29) is 11.9 Å². The molecule has 1 heterocycles. The van der Waals surface area contributed by atoms with Crippen LogP contribution in [0.25, 0.3) is 0 Å². The molecule has 0 aromatic heterocycles. The zero-order valence-electron chi connectivity index (χ0n) is 11.7. The van der Waals surface area contributed by atoms with Gasteiger partial charge in [-0.15, -0.1) is 0 Å². The van der Waals surface area contributed by atoms with E-state index in [0.717, 1.165) is 32.4 Å². The van der Waals surface area contributed by atoms with E-state index in [2.05, 4.69) is 34.9 Å². The number of rotatable bonds is 5. The van der Waals surface area contributed by atoms with E-state index in [0.29, 0.717) is 18.7 Å². The van der Waals surface area contributed by atoms with E-state index < -0.39 is 0 Å². The van der Waals surface area contributed by atoms with Gasteiger partial charge in [-0.1, -0.05) is 30.3 Å². The maximum atomic E-state index is 11.9. The van der Waals surface area contributed by atoms with E-state index in [4.69, 9.17) is 4.74 Å². The van der Waals surface area contributed by atoms with Crippen LogP contribution in [0.4, 0.5) is 0 Å². The highest BCUT2D eigenvalue weighted by atomic mass is 16.5. The molecule has 2 aliphatic rings. The molecule has 1 saturated heterocycles. The second-order valence-corrected chi connectivity index (χ2v) is 5.70. The molecule has 1 aromatic rings. The van der Waals surface area contributed by atoms with Gasteiger partial charge in [-0.2, -0.15) is 0 Å². The zero-order valence-corrected chi connectivity index (χ0v) is 11.7. The first kappa shape index (κ1) is 13.6. The van der Waals surface area contributed by atoms with Crippen LogP contribution in [-0.2, 0) is 9.53 Å². The summed E-state index contributed by atoms with van der Waals surface area (Å²) in [6.07, 6.45) is 2.93. The van der Waals surface area contributed by atoms with Crippen LogP contribution in [0, 0.1) is 5.92 Å². The Morgan fingerprint density at radius 3 is 2.75 bits per heavy atom. The van der Waals surface area contributed by atoms with E-state index >= 15 is 0 Å². The molecule has 0 radical (unpaired) electrons. The summed E-state index contributed by atoms with van der Waals surface area (Å²) >= 11 is 0. The summed E-state index contributed by atoms with van der Waals surface area (Å²) < 4.78 is 5.34. The number of benzene rings is 1. The average molecular weight is 274 g/mol. The lowest BCUT2D eigenvalue weighted by Gasteiger charge is -2.21. The number of ether oxygens (including phenoxy) is 1. The van der Waals surface area contributed by atoms with Crippen molar-refractivity contribution in [1.82, 2.24) is 10.6 Å². The van der Waals surface area contributed by atoms with Crippen LogP contribution in [0.5, 0.6) is 0 Å². The van der Waals surface area contributed by atoms with Crippen LogP contribution in [-0.4, -0.2) is 31.8 Å². The second kappa shape index (κ2) is 6.37. The lowest BCUT2D eigenvalue weighted by molar-refractivity contribution is -0.150. The van der Waals surface area contributed by atoms with E-state index in [1.165, 1.54) is 5.56 Å². The Morgan fingerprint density at radius 1 is 1.25 bits per heavy atom. The Bertz CT molecular complexity index is 443. The molecule has 0 spiro atoms. The first-order valence-electron chi connectivity index (χ1n) is 7.50. The van der Waals surface area contributed by atoms with Gasteiger partial charge in [0, 0.05) is 12.0 Å². The summed E-state index contributed by atoms with van der Waals surface area (Å²) in [6, 6.07) is 11.0. The van der Waals surface area contributed by atoms with Crippen molar-refractivity contribution in [2.45, 2.75) is 31.2 Å². The maximum Gasteiger partial charge on any atom is 0.310 e. The van der Waals surface area contributed by atoms with Gasteiger partial charge in [-0.25, -0.2) is 0 Å². The second-order valence-electron chi connectivity index (χ2n) is 5.70. The van der Waals surface area contributed by atoms with Gasteiger partial charge in [0.15, 0.2) is 0 Å². The first-order valence-corrected chi connectivity index (χ1v) is 7.50. The van der Waals surface area contributed by atoms with E-state index in [9.17, 15) is 4.79 Å². The molecule has 0 bridgehead atoms. The van der Waals surface area contributed by atoms with Crippen molar-refractivity contribution in [3.63, 3.8) is 0 Å². The van der Waals surface area contributed by atoms with Gasteiger partial charge < -0.3 is 10.1 Å². The summed E-state index contributed by atoms with van der Waals surface area (Å²) in [6.45, 7) is 2.19. The highest BCUT2D eigenvalue weighted by molar-refractivity contribution is 5.72. The van der Waals surface area contributed by atoms with Crippen molar-refractivity contribution in [2.24, 2.45) is 5.92 Å². The quantitative estimate of drug-likeness (QED) is 0.633. The summed E-state index contributed by atoms with van der Waals surface area (Å²) in [4.78, 5) is 11.9. The van der Waals surface area contributed by atoms with Crippen molar-refractivity contribution in [3.05, 3.63) is 35.9 Å². The first-order chi connectivity index (χ1) is 9.84. The van der Waals surface area contributed by atoms with Crippen molar-refractivity contribution in [2.75, 3.05) is 19.8 Å². The molecule has 1 aromatic carbocycles. The SMILES string of the molecule is O=C(OCN[C@@H]1C[C@H]1c1ccccc1)C1CCNCC1. The molecule has 1 aliphatic heterocycles. The minimum Gasteiger partial charge on any atom is -0.450 e. The lowest BCUT2D eigenvalue weighted by atomic mass is 9.99. The number of piperidine rings is 1. The lowest BCUT2D eigenvalue weighted by Crippen LogP contribution is -2.34. The largest absolute Gasteiger partial charge is 0.450 e. The fourth-order valence-corrected chi connectivity index (χ4v) is 2.88. The molecule has 2 atom stereocenters.